The van der Waals surface area contributed by atoms with Crippen LogP contribution >= 0.6 is 15.9 Å². The summed E-state index contributed by atoms with van der Waals surface area (Å²) in [6.07, 6.45) is 1.27. The zero-order valence-electron chi connectivity index (χ0n) is 8.03. The Morgan fingerprint density at radius 2 is 1.93 bits per heavy atom. The van der Waals surface area contributed by atoms with Gasteiger partial charge in [0.25, 0.3) is 10.4 Å². The largest absolute Gasteiger partial charge is 0.286 e. The number of benzene rings is 1. The Hall–Kier alpha value is -0.230. The standard InChI is InChI=1S/C9H12BrNO2S/c1-7(11-14(2,12)13)8-3-5-9(10)6-4-8/h3-7H,1-2H3,(H-,11,12,13)/p+1/t7-/m0/s1. The van der Waals surface area contributed by atoms with Crippen molar-refractivity contribution in [2.45, 2.75) is 13.0 Å². The van der Waals surface area contributed by atoms with Crippen molar-refractivity contribution in [3.8, 4) is 0 Å². The van der Waals surface area contributed by atoms with E-state index in [0.29, 0.717) is 0 Å². The van der Waals surface area contributed by atoms with Crippen LogP contribution in [0.1, 0.15) is 18.5 Å². The van der Waals surface area contributed by atoms with Crippen LogP contribution in [-0.2, 0) is 14.6 Å². The van der Waals surface area contributed by atoms with E-state index in [1.54, 1.807) is 0 Å². The van der Waals surface area contributed by atoms with Gasteiger partial charge in [0.05, 0.1) is 6.04 Å². The average molecular weight is 279 g/mol. The molecule has 78 valence electrons. The van der Waals surface area contributed by atoms with E-state index in [1.165, 1.54) is 6.26 Å². The van der Waals surface area contributed by atoms with E-state index < -0.39 is 10.4 Å². The molecule has 1 unspecified atom stereocenters. The molecular formula is C9H13BrNO2S+. The van der Waals surface area contributed by atoms with Gasteiger partial charge in [-0.2, -0.15) is 4.55 Å². The first-order valence-corrected chi connectivity index (χ1v) is 6.84. The van der Waals surface area contributed by atoms with Crippen LogP contribution in [0.5, 0.6) is 0 Å². The van der Waals surface area contributed by atoms with E-state index in [-0.39, 0.29) is 6.04 Å². The minimum Gasteiger partial charge on any atom is -0.169 e. The van der Waals surface area contributed by atoms with Gasteiger partial charge in [-0.15, -0.1) is 4.72 Å². The minimum atomic E-state index is -2.89. The molecule has 0 heterocycles. The highest BCUT2D eigenvalue weighted by Gasteiger charge is 2.20. The second kappa shape index (κ2) is 4.53. The SMILES string of the molecule is C[C@H](N[S+](C)(=O)O)c1ccc(Br)cc1. The molecule has 1 aromatic rings. The Balaban J connectivity index is 2.75. The normalized spacial score (nSPS) is 17.4. The van der Waals surface area contributed by atoms with E-state index in [4.69, 9.17) is 4.55 Å². The fourth-order valence-electron chi connectivity index (χ4n) is 1.15. The first-order chi connectivity index (χ1) is 6.38. The van der Waals surface area contributed by atoms with Crippen molar-refractivity contribution in [3.05, 3.63) is 34.3 Å². The van der Waals surface area contributed by atoms with Crippen LogP contribution in [0.4, 0.5) is 0 Å². The van der Waals surface area contributed by atoms with Crippen LogP contribution in [0.3, 0.4) is 0 Å². The molecule has 0 fully saturated rings. The van der Waals surface area contributed by atoms with Gasteiger partial charge in [0, 0.05) is 4.47 Å². The summed E-state index contributed by atoms with van der Waals surface area (Å²) in [6.45, 7) is 1.85. The maximum absolute atomic E-state index is 11.1. The third-order valence-electron chi connectivity index (χ3n) is 1.77. The molecular weight excluding hydrogens is 266 g/mol. The highest BCUT2D eigenvalue weighted by atomic mass is 79.9. The van der Waals surface area contributed by atoms with Crippen LogP contribution in [0.25, 0.3) is 0 Å². The second-order valence-electron chi connectivity index (χ2n) is 3.19. The number of halogens is 1. The fraction of sp³-hybridized carbons (Fsp3) is 0.333. The molecule has 0 spiro atoms. The quantitative estimate of drug-likeness (QED) is 0.836. The Kier molecular flexibility index (Phi) is 3.83. The monoisotopic (exact) mass is 278 g/mol. The summed E-state index contributed by atoms with van der Waals surface area (Å²) >= 11 is 3.33. The first-order valence-electron chi connectivity index (χ1n) is 4.13. The van der Waals surface area contributed by atoms with E-state index in [1.807, 2.05) is 31.2 Å². The van der Waals surface area contributed by atoms with Gasteiger partial charge in [-0.3, -0.25) is 0 Å². The number of hydrogen-bond donors (Lipinski definition) is 2. The van der Waals surface area contributed by atoms with Crippen LogP contribution in [0.15, 0.2) is 28.7 Å². The molecule has 5 heteroatoms. The summed E-state index contributed by atoms with van der Waals surface area (Å²) in [4.78, 5) is 0. The van der Waals surface area contributed by atoms with E-state index in [9.17, 15) is 4.21 Å². The molecule has 0 aliphatic heterocycles. The third-order valence-corrected chi connectivity index (χ3v) is 3.09. The lowest BCUT2D eigenvalue weighted by atomic mass is 10.1. The van der Waals surface area contributed by atoms with E-state index >= 15 is 0 Å². The highest BCUT2D eigenvalue weighted by molar-refractivity contribution is 9.10. The molecule has 0 amide bonds. The van der Waals surface area contributed by atoms with Crippen LogP contribution in [-0.4, -0.2) is 10.8 Å². The Bertz CT molecular complexity index is 346. The van der Waals surface area contributed by atoms with Gasteiger partial charge >= 0.3 is 0 Å². The van der Waals surface area contributed by atoms with Crippen molar-refractivity contribution in [1.29, 1.82) is 0 Å². The summed E-state index contributed by atoms with van der Waals surface area (Å²) in [6, 6.07) is 7.50. The summed E-state index contributed by atoms with van der Waals surface area (Å²) in [7, 11) is -2.89. The van der Waals surface area contributed by atoms with Crippen LogP contribution in [0.2, 0.25) is 0 Å². The Morgan fingerprint density at radius 3 is 2.36 bits per heavy atom. The van der Waals surface area contributed by atoms with Crippen molar-refractivity contribution < 1.29 is 8.76 Å². The maximum atomic E-state index is 11.1. The Morgan fingerprint density at radius 1 is 1.43 bits per heavy atom. The van der Waals surface area contributed by atoms with Gasteiger partial charge in [0.1, 0.15) is 0 Å². The molecule has 3 nitrogen and oxygen atoms in total. The summed E-state index contributed by atoms with van der Waals surface area (Å²) in [5.74, 6) is 0. The van der Waals surface area contributed by atoms with Gasteiger partial charge in [0.2, 0.25) is 0 Å². The lowest BCUT2D eigenvalue weighted by molar-refractivity contribution is 0.480. The molecule has 0 saturated heterocycles. The molecule has 0 bridgehead atoms. The van der Waals surface area contributed by atoms with Crippen LogP contribution in [0, 0.1) is 0 Å². The smallest absolute Gasteiger partial charge is 0.169 e. The third kappa shape index (κ3) is 3.88. The molecule has 1 aromatic carbocycles. The number of nitrogens with one attached hydrogen (secondary N) is 1. The first kappa shape index (κ1) is 11.8. The van der Waals surface area contributed by atoms with Crippen molar-refractivity contribution in [2.75, 3.05) is 6.26 Å². The molecule has 14 heavy (non-hydrogen) atoms. The Labute approximate surface area is 93.4 Å². The second-order valence-corrected chi connectivity index (χ2v) is 5.95. The van der Waals surface area contributed by atoms with Gasteiger partial charge in [-0.1, -0.05) is 28.1 Å². The topological polar surface area (TPSA) is 49.3 Å². The van der Waals surface area contributed by atoms with Crippen molar-refractivity contribution in [3.63, 3.8) is 0 Å². The van der Waals surface area contributed by atoms with Crippen molar-refractivity contribution >= 4 is 26.3 Å². The summed E-state index contributed by atoms with van der Waals surface area (Å²) < 4.78 is 23.8. The molecule has 0 aromatic heterocycles. The van der Waals surface area contributed by atoms with Gasteiger partial charge in [0.15, 0.2) is 6.26 Å². The lowest BCUT2D eigenvalue weighted by Crippen LogP contribution is -2.30. The molecule has 2 atom stereocenters. The predicted molar refractivity (Wildman–Crippen MR) is 62.3 cm³/mol. The maximum Gasteiger partial charge on any atom is 0.286 e. The van der Waals surface area contributed by atoms with Gasteiger partial charge in [-0.25, -0.2) is 0 Å². The average Bonchev–Trinajstić information content (AvgIpc) is 2.02. The molecule has 0 radical (unpaired) electrons. The highest BCUT2D eigenvalue weighted by Crippen LogP contribution is 2.17. The van der Waals surface area contributed by atoms with E-state index in [2.05, 4.69) is 20.7 Å². The number of rotatable bonds is 3. The molecule has 2 N–H and O–H groups in total. The zero-order valence-corrected chi connectivity index (χ0v) is 10.4. The van der Waals surface area contributed by atoms with Crippen LogP contribution < -0.4 is 4.72 Å². The summed E-state index contributed by atoms with van der Waals surface area (Å²) in [5, 5.41) is 0. The van der Waals surface area contributed by atoms with E-state index in [0.717, 1.165) is 10.0 Å². The molecule has 0 aliphatic rings. The fourth-order valence-corrected chi connectivity index (χ4v) is 2.20. The molecule has 0 saturated carbocycles. The van der Waals surface area contributed by atoms with Gasteiger partial charge in [-0.05, 0) is 28.8 Å². The van der Waals surface area contributed by atoms with Crippen molar-refractivity contribution in [1.82, 2.24) is 4.72 Å². The number of hydrogen-bond acceptors (Lipinski definition) is 1. The molecule has 0 aliphatic carbocycles. The minimum absolute atomic E-state index is 0.134. The lowest BCUT2D eigenvalue weighted by Gasteiger charge is -2.10. The van der Waals surface area contributed by atoms with Crippen molar-refractivity contribution in [2.24, 2.45) is 0 Å². The summed E-state index contributed by atoms with van der Waals surface area (Å²) in [5.41, 5.74) is 0.983. The molecule has 1 rings (SSSR count). The predicted octanol–water partition coefficient (Wildman–Crippen LogP) is 2.62. The zero-order chi connectivity index (χ0) is 10.8. The van der Waals surface area contributed by atoms with Gasteiger partial charge < -0.3 is 0 Å².